The number of hydrogen-bond donors (Lipinski definition) is 3. The van der Waals surface area contributed by atoms with Gasteiger partial charge in [0.2, 0.25) is 0 Å². The van der Waals surface area contributed by atoms with Crippen LogP contribution < -0.4 is 10.6 Å². The number of aliphatic imine (C=N–C) groups is 1. The van der Waals surface area contributed by atoms with E-state index in [1.54, 1.807) is 0 Å². The van der Waals surface area contributed by atoms with Crippen molar-refractivity contribution < 1.29 is 5.11 Å². The lowest BCUT2D eigenvalue weighted by Crippen LogP contribution is -2.42. The zero-order valence-corrected chi connectivity index (χ0v) is 19.0. The lowest BCUT2D eigenvalue weighted by atomic mass is 9.72. The van der Waals surface area contributed by atoms with Crippen molar-refractivity contribution in [3.05, 3.63) is 35.9 Å². The second kappa shape index (κ2) is 10.6. The minimum Gasteiger partial charge on any atom is -0.396 e. The molecule has 152 valence electrons. The van der Waals surface area contributed by atoms with Gasteiger partial charge in [-0.3, -0.25) is 4.99 Å². The summed E-state index contributed by atoms with van der Waals surface area (Å²) in [5.41, 5.74) is 1.92. The van der Waals surface area contributed by atoms with Gasteiger partial charge in [-0.05, 0) is 50.0 Å². The number of benzene rings is 1. The summed E-state index contributed by atoms with van der Waals surface area (Å²) in [6, 6.07) is 10.9. The third-order valence-electron chi connectivity index (χ3n) is 6.31. The van der Waals surface area contributed by atoms with Crippen molar-refractivity contribution in [1.29, 1.82) is 0 Å². The van der Waals surface area contributed by atoms with Crippen LogP contribution in [0.2, 0.25) is 0 Å². The normalized spacial score (nSPS) is 20.4. The number of aliphatic hydroxyl groups excluding tert-OH is 1. The molecule has 0 aromatic heterocycles. The van der Waals surface area contributed by atoms with Crippen molar-refractivity contribution in [1.82, 2.24) is 10.6 Å². The molecule has 0 unspecified atom stereocenters. The maximum atomic E-state index is 9.52. The van der Waals surface area contributed by atoms with Crippen LogP contribution >= 0.6 is 24.0 Å². The van der Waals surface area contributed by atoms with Crippen LogP contribution in [0.15, 0.2) is 35.3 Å². The van der Waals surface area contributed by atoms with Crippen molar-refractivity contribution in [3.63, 3.8) is 0 Å². The minimum atomic E-state index is 0. The van der Waals surface area contributed by atoms with Crippen molar-refractivity contribution in [2.45, 2.75) is 63.7 Å². The highest BCUT2D eigenvalue weighted by Crippen LogP contribution is 2.47. The summed E-state index contributed by atoms with van der Waals surface area (Å²) in [7, 11) is 0. The fraction of sp³-hybridized carbons (Fsp3) is 0.682. The molecule has 0 bridgehead atoms. The summed E-state index contributed by atoms with van der Waals surface area (Å²) in [5, 5.41) is 16.5. The van der Waals surface area contributed by atoms with Gasteiger partial charge in [0.1, 0.15) is 0 Å². The molecule has 3 rings (SSSR count). The van der Waals surface area contributed by atoms with E-state index >= 15 is 0 Å². The third-order valence-corrected chi connectivity index (χ3v) is 6.31. The molecule has 5 heteroatoms. The maximum absolute atomic E-state index is 9.52. The van der Waals surface area contributed by atoms with Gasteiger partial charge in [0.05, 0.1) is 0 Å². The van der Waals surface area contributed by atoms with E-state index in [9.17, 15) is 5.11 Å². The molecular weight excluding hydrogens is 449 g/mol. The molecule has 0 amide bonds. The van der Waals surface area contributed by atoms with Crippen LogP contribution in [0.5, 0.6) is 0 Å². The summed E-state index contributed by atoms with van der Waals surface area (Å²) in [4.78, 5) is 4.94. The lowest BCUT2D eigenvalue weighted by Gasteiger charge is -2.35. The molecule has 0 atom stereocenters. The fourth-order valence-corrected chi connectivity index (χ4v) is 4.38. The van der Waals surface area contributed by atoms with Gasteiger partial charge >= 0.3 is 0 Å². The number of hydrogen-bond acceptors (Lipinski definition) is 2. The molecule has 3 N–H and O–H groups in total. The minimum absolute atomic E-state index is 0. The highest BCUT2D eigenvalue weighted by Gasteiger charge is 2.44. The van der Waals surface area contributed by atoms with Gasteiger partial charge in [-0.15, -0.1) is 24.0 Å². The molecule has 0 heterocycles. The smallest absolute Gasteiger partial charge is 0.191 e. The predicted molar refractivity (Wildman–Crippen MR) is 124 cm³/mol. The molecular formula is C22H36IN3O. The van der Waals surface area contributed by atoms with Crippen molar-refractivity contribution in [3.8, 4) is 0 Å². The highest BCUT2D eigenvalue weighted by molar-refractivity contribution is 14.0. The van der Waals surface area contributed by atoms with E-state index in [0.29, 0.717) is 0 Å². The fourth-order valence-electron chi connectivity index (χ4n) is 4.38. The Balaban J connectivity index is 0.00000261. The standard InChI is InChI=1S/C22H35N3O.HI/c1-2-23-20(24-17-21(15-16-26)11-7-4-8-12-21)25-18-22(13-14-22)19-9-5-3-6-10-19;/h3,5-6,9-10,26H,2,4,7-8,11-18H2,1H3,(H2,23,24,25);1H. The van der Waals surface area contributed by atoms with Crippen LogP contribution in [-0.2, 0) is 5.41 Å². The summed E-state index contributed by atoms with van der Waals surface area (Å²) < 4.78 is 0. The van der Waals surface area contributed by atoms with Crippen molar-refractivity contribution in [2.24, 2.45) is 10.4 Å². The zero-order chi connectivity index (χ0) is 18.3. The molecule has 0 aliphatic heterocycles. The van der Waals surface area contributed by atoms with Crippen LogP contribution in [0.25, 0.3) is 0 Å². The van der Waals surface area contributed by atoms with Gasteiger partial charge in [-0.25, -0.2) is 0 Å². The van der Waals surface area contributed by atoms with E-state index in [-0.39, 0.29) is 41.4 Å². The first-order chi connectivity index (χ1) is 12.7. The van der Waals surface area contributed by atoms with E-state index < -0.39 is 0 Å². The summed E-state index contributed by atoms with van der Waals surface area (Å²) in [6.45, 7) is 5.02. The van der Waals surface area contributed by atoms with Crippen LogP contribution in [-0.4, -0.2) is 37.3 Å². The predicted octanol–water partition coefficient (Wildman–Crippen LogP) is 4.22. The first-order valence-electron chi connectivity index (χ1n) is 10.4. The Morgan fingerprint density at radius 1 is 1.04 bits per heavy atom. The third kappa shape index (κ3) is 6.08. The molecule has 0 spiro atoms. The van der Waals surface area contributed by atoms with Crippen molar-refractivity contribution >= 4 is 29.9 Å². The van der Waals surface area contributed by atoms with Gasteiger partial charge < -0.3 is 15.7 Å². The van der Waals surface area contributed by atoms with Gasteiger partial charge in [0, 0.05) is 31.7 Å². The maximum Gasteiger partial charge on any atom is 0.191 e. The van der Waals surface area contributed by atoms with Crippen LogP contribution in [0.3, 0.4) is 0 Å². The largest absolute Gasteiger partial charge is 0.396 e. The molecule has 2 saturated carbocycles. The Morgan fingerprint density at radius 3 is 2.33 bits per heavy atom. The Kier molecular flexibility index (Phi) is 8.86. The SMILES string of the molecule is CCNC(=NCC1(CCO)CCCCC1)NCC1(c2ccccc2)CC1.I. The Morgan fingerprint density at radius 2 is 1.74 bits per heavy atom. The zero-order valence-electron chi connectivity index (χ0n) is 16.7. The average Bonchev–Trinajstić information content (AvgIpc) is 3.47. The topological polar surface area (TPSA) is 56.7 Å². The van der Waals surface area contributed by atoms with E-state index in [2.05, 4.69) is 47.9 Å². The van der Waals surface area contributed by atoms with Crippen LogP contribution in [0.4, 0.5) is 0 Å². The number of guanidine groups is 1. The second-order valence-corrected chi connectivity index (χ2v) is 8.23. The summed E-state index contributed by atoms with van der Waals surface area (Å²) in [6.07, 6.45) is 9.65. The molecule has 2 aliphatic carbocycles. The molecule has 2 fully saturated rings. The number of aliphatic hydroxyl groups is 1. The van der Waals surface area contributed by atoms with E-state index in [1.807, 2.05) is 0 Å². The molecule has 1 aromatic rings. The molecule has 1 aromatic carbocycles. The highest BCUT2D eigenvalue weighted by atomic mass is 127. The van der Waals surface area contributed by atoms with E-state index in [1.165, 1.54) is 50.5 Å². The Labute approximate surface area is 181 Å². The Hall–Kier alpha value is -0.820. The number of rotatable bonds is 8. The molecule has 0 radical (unpaired) electrons. The van der Waals surface area contributed by atoms with Gasteiger partial charge in [0.25, 0.3) is 0 Å². The Bertz CT molecular complexity index is 575. The molecule has 2 aliphatic rings. The molecule has 27 heavy (non-hydrogen) atoms. The lowest BCUT2D eigenvalue weighted by molar-refractivity contribution is 0.137. The first kappa shape index (κ1) is 22.5. The van der Waals surface area contributed by atoms with Gasteiger partial charge in [0.15, 0.2) is 5.96 Å². The summed E-state index contributed by atoms with van der Waals surface area (Å²) in [5.74, 6) is 0.928. The van der Waals surface area contributed by atoms with E-state index in [0.717, 1.165) is 32.0 Å². The van der Waals surface area contributed by atoms with Crippen LogP contribution in [0.1, 0.15) is 63.9 Å². The first-order valence-corrected chi connectivity index (χ1v) is 10.4. The molecule has 0 saturated heterocycles. The summed E-state index contributed by atoms with van der Waals surface area (Å²) >= 11 is 0. The average molecular weight is 485 g/mol. The molecule has 4 nitrogen and oxygen atoms in total. The number of nitrogens with one attached hydrogen (secondary N) is 2. The van der Waals surface area contributed by atoms with Crippen molar-refractivity contribution in [2.75, 3.05) is 26.2 Å². The van der Waals surface area contributed by atoms with Gasteiger partial charge in [-0.2, -0.15) is 0 Å². The van der Waals surface area contributed by atoms with Crippen LogP contribution in [0, 0.1) is 5.41 Å². The monoisotopic (exact) mass is 485 g/mol. The number of nitrogens with zero attached hydrogens (tertiary/aromatic N) is 1. The van der Waals surface area contributed by atoms with Gasteiger partial charge in [-0.1, -0.05) is 49.6 Å². The second-order valence-electron chi connectivity index (χ2n) is 8.23. The van der Waals surface area contributed by atoms with E-state index in [4.69, 9.17) is 4.99 Å². The quantitative estimate of drug-likeness (QED) is 0.294. The number of halogens is 1.